The van der Waals surface area contributed by atoms with Crippen molar-refractivity contribution in [2.24, 2.45) is 0 Å². The molecule has 140 valence electrons. The van der Waals surface area contributed by atoms with Gasteiger partial charge in [0.1, 0.15) is 5.82 Å². The molecule has 0 unspecified atom stereocenters. The van der Waals surface area contributed by atoms with Crippen molar-refractivity contribution in [3.63, 3.8) is 0 Å². The molecule has 3 rings (SSSR count). The lowest BCUT2D eigenvalue weighted by Gasteiger charge is -2.28. The first kappa shape index (κ1) is 18.9. The Morgan fingerprint density at radius 2 is 1.41 bits per heavy atom. The van der Waals surface area contributed by atoms with Gasteiger partial charge in [0.05, 0.1) is 0 Å². The molecule has 0 spiro atoms. The minimum absolute atomic E-state index is 0.310. The number of rotatable bonds is 8. The molecular formula is C23H28N4. The van der Waals surface area contributed by atoms with E-state index in [4.69, 9.17) is 4.98 Å². The third kappa shape index (κ3) is 5.07. The van der Waals surface area contributed by atoms with Crippen LogP contribution in [0.25, 0.3) is 0 Å². The number of hydrogen-bond donors (Lipinski definition) is 0. The maximum Gasteiger partial charge on any atom is 0.227 e. The second-order valence-electron chi connectivity index (χ2n) is 6.92. The topological polar surface area (TPSA) is 32.3 Å². The fourth-order valence-electron chi connectivity index (χ4n) is 3.08. The van der Waals surface area contributed by atoms with Crippen LogP contribution in [0.4, 0.5) is 11.8 Å². The van der Waals surface area contributed by atoms with E-state index >= 15 is 0 Å². The highest BCUT2D eigenvalue weighted by Gasteiger charge is 2.16. The molecule has 0 N–H and O–H groups in total. The van der Waals surface area contributed by atoms with Gasteiger partial charge >= 0.3 is 0 Å². The van der Waals surface area contributed by atoms with Crippen molar-refractivity contribution in [1.82, 2.24) is 9.97 Å². The molecule has 27 heavy (non-hydrogen) atoms. The van der Waals surface area contributed by atoms with Gasteiger partial charge in [-0.15, -0.1) is 0 Å². The van der Waals surface area contributed by atoms with Gasteiger partial charge in [-0.1, -0.05) is 60.7 Å². The minimum atomic E-state index is 0.310. The summed E-state index contributed by atoms with van der Waals surface area (Å²) in [6.07, 6.45) is 1.87. The van der Waals surface area contributed by atoms with Gasteiger partial charge in [0.2, 0.25) is 5.95 Å². The summed E-state index contributed by atoms with van der Waals surface area (Å²) in [5, 5.41) is 0. The lowest BCUT2D eigenvalue weighted by Crippen LogP contribution is -2.32. The fourth-order valence-corrected chi connectivity index (χ4v) is 3.08. The van der Waals surface area contributed by atoms with E-state index in [1.807, 2.05) is 24.4 Å². The number of benzene rings is 2. The van der Waals surface area contributed by atoms with Gasteiger partial charge in [-0.05, 0) is 38.0 Å². The summed E-state index contributed by atoms with van der Waals surface area (Å²) in [4.78, 5) is 14.0. The predicted octanol–water partition coefficient (Wildman–Crippen LogP) is 4.92. The molecule has 0 atom stereocenters. The third-order valence-corrected chi connectivity index (χ3v) is 4.63. The molecule has 1 aromatic heterocycles. The number of aromatic nitrogens is 2. The van der Waals surface area contributed by atoms with E-state index in [9.17, 15) is 0 Å². The van der Waals surface area contributed by atoms with Gasteiger partial charge in [-0.25, -0.2) is 4.98 Å². The number of hydrogen-bond acceptors (Lipinski definition) is 4. The first-order valence-corrected chi connectivity index (χ1v) is 9.60. The van der Waals surface area contributed by atoms with Crippen molar-refractivity contribution in [1.29, 1.82) is 0 Å². The molecule has 0 saturated heterocycles. The van der Waals surface area contributed by atoms with Crippen LogP contribution in [0.3, 0.4) is 0 Å². The van der Waals surface area contributed by atoms with Crippen LogP contribution in [0.2, 0.25) is 0 Å². The zero-order valence-electron chi connectivity index (χ0n) is 16.4. The number of anilines is 2. The van der Waals surface area contributed by atoms with E-state index in [1.165, 1.54) is 11.1 Å². The molecule has 4 heteroatoms. The van der Waals surface area contributed by atoms with Gasteiger partial charge < -0.3 is 9.80 Å². The van der Waals surface area contributed by atoms with Gasteiger partial charge in [0, 0.05) is 31.9 Å². The molecule has 2 aromatic carbocycles. The summed E-state index contributed by atoms with van der Waals surface area (Å²) in [6, 6.07) is 23.3. The van der Waals surface area contributed by atoms with Crippen molar-refractivity contribution in [3.05, 3.63) is 84.1 Å². The highest BCUT2D eigenvalue weighted by molar-refractivity contribution is 5.45. The fraction of sp³-hybridized carbons (Fsp3) is 0.304. The first-order valence-electron chi connectivity index (χ1n) is 9.60. The second kappa shape index (κ2) is 9.17. The molecular weight excluding hydrogens is 332 g/mol. The maximum absolute atomic E-state index is 4.90. The predicted molar refractivity (Wildman–Crippen MR) is 113 cm³/mol. The highest BCUT2D eigenvalue weighted by Crippen LogP contribution is 2.20. The Bertz CT molecular complexity index is 818. The van der Waals surface area contributed by atoms with Crippen LogP contribution in [0.5, 0.6) is 0 Å². The average Bonchev–Trinajstić information content (AvgIpc) is 2.71. The Hall–Kier alpha value is -2.88. The van der Waals surface area contributed by atoms with Crippen LogP contribution in [0.15, 0.2) is 72.9 Å². The van der Waals surface area contributed by atoms with Crippen molar-refractivity contribution < 1.29 is 0 Å². The summed E-state index contributed by atoms with van der Waals surface area (Å²) in [5.74, 6) is 1.74. The maximum atomic E-state index is 4.90. The molecule has 0 aliphatic rings. The minimum Gasteiger partial charge on any atom is -0.352 e. The SMILES string of the molecule is CCN(Cc1ccccc1)c1ccnc(N(Cc2ccccc2)C(C)C)n1. The average molecular weight is 361 g/mol. The second-order valence-corrected chi connectivity index (χ2v) is 6.92. The Labute approximate surface area is 162 Å². The van der Waals surface area contributed by atoms with Crippen LogP contribution in [0.1, 0.15) is 31.9 Å². The van der Waals surface area contributed by atoms with Crippen LogP contribution in [-0.4, -0.2) is 22.6 Å². The Morgan fingerprint density at radius 3 is 1.96 bits per heavy atom. The van der Waals surface area contributed by atoms with Gasteiger partial charge in [0.15, 0.2) is 0 Å². The molecule has 1 heterocycles. The Balaban J connectivity index is 1.83. The lowest BCUT2D eigenvalue weighted by molar-refractivity contribution is 0.658. The van der Waals surface area contributed by atoms with E-state index < -0.39 is 0 Å². The molecule has 0 aliphatic carbocycles. The van der Waals surface area contributed by atoms with Crippen LogP contribution >= 0.6 is 0 Å². The van der Waals surface area contributed by atoms with E-state index in [1.54, 1.807) is 0 Å². The van der Waals surface area contributed by atoms with E-state index in [-0.39, 0.29) is 0 Å². The molecule has 0 bridgehead atoms. The van der Waals surface area contributed by atoms with Crippen LogP contribution in [0, 0.1) is 0 Å². The smallest absolute Gasteiger partial charge is 0.227 e. The van der Waals surface area contributed by atoms with Crippen molar-refractivity contribution in [2.75, 3.05) is 16.3 Å². The van der Waals surface area contributed by atoms with Crippen LogP contribution < -0.4 is 9.80 Å². The molecule has 4 nitrogen and oxygen atoms in total. The third-order valence-electron chi connectivity index (χ3n) is 4.63. The standard InChI is InChI=1S/C23H28N4/c1-4-26(17-20-11-7-5-8-12-20)22-15-16-24-23(25-22)27(19(2)3)18-21-13-9-6-10-14-21/h5-16,19H,4,17-18H2,1-3H3. The van der Waals surface area contributed by atoms with E-state index in [0.29, 0.717) is 6.04 Å². The molecule has 0 amide bonds. The summed E-state index contributed by atoms with van der Waals surface area (Å²) < 4.78 is 0. The Morgan fingerprint density at radius 1 is 0.815 bits per heavy atom. The molecule has 0 radical (unpaired) electrons. The lowest BCUT2D eigenvalue weighted by atomic mass is 10.2. The highest BCUT2D eigenvalue weighted by atomic mass is 15.3. The summed E-state index contributed by atoms with van der Waals surface area (Å²) in [6.45, 7) is 9.06. The van der Waals surface area contributed by atoms with Gasteiger partial charge in [0.25, 0.3) is 0 Å². The molecule has 0 fully saturated rings. The first-order chi connectivity index (χ1) is 13.2. The monoisotopic (exact) mass is 360 g/mol. The normalized spacial score (nSPS) is 10.8. The zero-order chi connectivity index (χ0) is 19.1. The van der Waals surface area contributed by atoms with Gasteiger partial charge in [-0.2, -0.15) is 4.98 Å². The molecule has 3 aromatic rings. The summed E-state index contributed by atoms with van der Waals surface area (Å²) in [7, 11) is 0. The van der Waals surface area contributed by atoms with Crippen molar-refractivity contribution >= 4 is 11.8 Å². The largest absolute Gasteiger partial charge is 0.352 e. The summed E-state index contributed by atoms with van der Waals surface area (Å²) in [5.41, 5.74) is 2.54. The zero-order valence-corrected chi connectivity index (χ0v) is 16.4. The van der Waals surface area contributed by atoms with E-state index in [0.717, 1.165) is 31.4 Å². The Kier molecular flexibility index (Phi) is 6.42. The molecule has 0 aliphatic heterocycles. The van der Waals surface area contributed by atoms with Crippen LogP contribution in [-0.2, 0) is 13.1 Å². The molecule has 0 saturated carbocycles. The van der Waals surface area contributed by atoms with E-state index in [2.05, 4.69) is 84.1 Å². The summed E-state index contributed by atoms with van der Waals surface area (Å²) >= 11 is 0. The number of nitrogens with zero attached hydrogens (tertiary/aromatic N) is 4. The van der Waals surface area contributed by atoms with Gasteiger partial charge in [-0.3, -0.25) is 0 Å². The van der Waals surface area contributed by atoms with Crippen molar-refractivity contribution in [3.8, 4) is 0 Å². The van der Waals surface area contributed by atoms with Crippen molar-refractivity contribution in [2.45, 2.75) is 39.9 Å². The quantitative estimate of drug-likeness (QED) is 0.571.